The second kappa shape index (κ2) is 7.07. The molecule has 0 aromatic rings. The summed E-state index contributed by atoms with van der Waals surface area (Å²) in [5, 5.41) is 6.34. The Kier molecular flexibility index (Phi) is 5.26. The van der Waals surface area contributed by atoms with Crippen LogP contribution in [0.15, 0.2) is 0 Å². The summed E-state index contributed by atoms with van der Waals surface area (Å²) in [5.41, 5.74) is -1.93. The third kappa shape index (κ3) is 3.37. The average Bonchev–Trinajstić information content (AvgIpc) is 3.08. The van der Waals surface area contributed by atoms with E-state index in [9.17, 15) is 36.0 Å². The molecule has 172 valence electrons. The second-order valence-electron chi connectivity index (χ2n) is 10.2. The molecule has 10 heteroatoms. The molecule has 0 heterocycles. The molecule has 5 rings (SSSR count). The molecule has 3 unspecified atom stereocenters. The number of hydrogen-bond acceptors (Lipinski definition) is 6. The van der Waals surface area contributed by atoms with E-state index in [4.69, 9.17) is 4.74 Å². The summed E-state index contributed by atoms with van der Waals surface area (Å²) < 4.78 is 77.0. The average molecular weight is 453 g/mol. The zero-order valence-corrected chi connectivity index (χ0v) is 17.6. The predicted octanol–water partition coefficient (Wildman–Crippen LogP) is 3.29. The van der Waals surface area contributed by atoms with Crippen molar-refractivity contribution in [3.8, 4) is 0 Å². The lowest BCUT2D eigenvalue weighted by Gasteiger charge is -2.64. The Morgan fingerprint density at radius 3 is 2.27 bits per heavy atom. The number of hydrogen-bond donors (Lipinski definition) is 1. The fraction of sp³-hybridized carbons (Fsp3) is 0.950. The van der Waals surface area contributed by atoms with Crippen molar-refractivity contribution in [2.75, 3.05) is 6.61 Å². The van der Waals surface area contributed by atoms with E-state index in [1.54, 1.807) is 0 Å². The van der Waals surface area contributed by atoms with Gasteiger partial charge in [-0.15, -0.1) is 0 Å². The predicted molar refractivity (Wildman–Crippen MR) is 98.1 cm³/mol. The van der Waals surface area contributed by atoms with Gasteiger partial charge in [0.15, 0.2) is 16.3 Å². The number of rotatable bonds is 7. The highest BCUT2D eigenvalue weighted by Gasteiger charge is 2.67. The molecule has 4 bridgehead atoms. The van der Waals surface area contributed by atoms with Crippen LogP contribution in [-0.4, -0.2) is 47.7 Å². The van der Waals surface area contributed by atoms with Crippen LogP contribution in [0.5, 0.6) is 0 Å². The third-order valence-corrected chi connectivity index (χ3v) is 9.14. The molecule has 0 aliphatic heterocycles. The summed E-state index contributed by atoms with van der Waals surface area (Å²) in [6.45, 7) is -0.723. The van der Waals surface area contributed by atoms with Gasteiger partial charge in [-0.3, -0.25) is 4.79 Å². The maximum absolute atomic E-state index is 13.7. The molecule has 0 saturated heterocycles. The van der Waals surface area contributed by atoms with Crippen LogP contribution in [0, 0.1) is 22.7 Å². The summed E-state index contributed by atoms with van der Waals surface area (Å²) in [4.78, 5) is 13.0. The molecule has 0 spiro atoms. The monoisotopic (exact) mass is 453 g/mol. The number of halogens is 3. The minimum absolute atomic E-state index is 0.298. The zero-order chi connectivity index (χ0) is 22.0. The Morgan fingerprint density at radius 2 is 1.73 bits per heavy atom. The van der Waals surface area contributed by atoms with Gasteiger partial charge in [-0.1, -0.05) is 12.8 Å². The van der Waals surface area contributed by atoms with E-state index in [2.05, 4.69) is 0 Å². The molecular formula is C20H28F3O6S-. The maximum atomic E-state index is 13.7. The van der Waals surface area contributed by atoms with E-state index in [0.29, 0.717) is 31.1 Å². The lowest BCUT2D eigenvalue weighted by molar-refractivity contribution is -0.216. The van der Waals surface area contributed by atoms with Crippen molar-refractivity contribution in [1.29, 1.82) is 0 Å². The van der Waals surface area contributed by atoms with Gasteiger partial charge >= 0.3 is 11.2 Å². The van der Waals surface area contributed by atoms with Crippen LogP contribution in [0.25, 0.3) is 0 Å². The lowest BCUT2D eigenvalue weighted by Crippen LogP contribution is -2.62. The topological polar surface area (TPSA) is 104 Å². The van der Waals surface area contributed by atoms with Crippen LogP contribution in [0.1, 0.15) is 70.6 Å². The molecule has 30 heavy (non-hydrogen) atoms. The van der Waals surface area contributed by atoms with Gasteiger partial charge < -0.3 is 14.4 Å². The summed E-state index contributed by atoms with van der Waals surface area (Å²) in [6, 6.07) is 0. The molecule has 1 N–H and O–H groups in total. The number of carbonyl (C=O) groups is 1. The Hall–Kier alpha value is -0.870. The molecular weight excluding hydrogens is 425 g/mol. The van der Waals surface area contributed by atoms with E-state index in [0.717, 1.165) is 44.9 Å². The quantitative estimate of drug-likeness (QED) is 0.469. The van der Waals surface area contributed by atoms with Gasteiger partial charge in [-0.25, -0.2) is 12.8 Å². The van der Waals surface area contributed by atoms with Crippen LogP contribution >= 0.6 is 0 Å². The molecule has 5 fully saturated rings. The molecule has 0 aromatic heterocycles. The first-order chi connectivity index (χ1) is 13.8. The normalized spacial score (nSPS) is 38.6. The van der Waals surface area contributed by atoms with Gasteiger partial charge in [0.1, 0.15) is 0 Å². The number of alkyl halides is 3. The Labute approximate surface area is 174 Å². The van der Waals surface area contributed by atoms with Crippen molar-refractivity contribution in [2.24, 2.45) is 22.7 Å². The number of aliphatic hydroxyl groups is 1. The van der Waals surface area contributed by atoms with Crippen molar-refractivity contribution < 1.29 is 40.8 Å². The van der Waals surface area contributed by atoms with E-state index < -0.39 is 51.6 Å². The molecule has 3 atom stereocenters. The second-order valence-corrected chi connectivity index (χ2v) is 11.6. The highest BCUT2D eigenvalue weighted by Crippen LogP contribution is 2.70. The summed E-state index contributed by atoms with van der Waals surface area (Å²) in [7, 11) is -6.14. The highest BCUT2D eigenvalue weighted by molar-refractivity contribution is 7.86. The fourth-order valence-corrected chi connectivity index (χ4v) is 7.70. The van der Waals surface area contributed by atoms with Crippen molar-refractivity contribution in [2.45, 2.75) is 87.7 Å². The van der Waals surface area contributed by atoms with Crippen molar-refractivity contribution in [1.82, 2.24) is 0 Å². The maximum Gasteiger partial charge on any atom is 0.364 e. The number of ether oxygens (including phenoxy) is 1. The van der Waals surface area contributed by atoms with Gasteiger partial charge in [0.25, 0.3) is 0 Å². The van der Waals surface area contributed by atoms with Crippen LogP contribution < -0.4 is 0 Å². The van der Waals surface area contributed by atoms with Crippen LogP contribution in [-0.2, 0) is 19.6 Å². The van der Waals surface area contributed by atoms with Gasteiger partial charge in [0.2, 0.25) is 0 Å². The van der Waals surface area contributed by atoms with Crippen LogP contribution in [0.4, 0.5) is 13.2 Å². The zero-order valence-electron chi connectivity index (χ0n) is 16.7. The first kappa shape index (κ1) is 22.3. The third-order valence-electron chi connectivity index (χ3n) is 8.21. The van der Waals surface area contributed by atoms with Crippen molar-refractivity contribution >= 4 is 16.1 Å². The molecule has 5 aliphatic rings. The standard InChI is InChI=1S/C20H29F3O6S/c21-15(20(22,23)30(26,27)28)3-6-29-16(24)17-8-13-7-14(9-17)11-18(10-13,12-17)19(25)4-1-2-5-19/h13-15,25H,1-12H2,(H,26,27,28)/p-1. The molecule has 6 nitrogen and oxygen atoms in total. The smallest absolute Gasteiger partial charge is 0.364 e. The summed E-state index contributed by atoms with van der Waals surface area (Å²) in [5.74, 6) is 0.0163. The van der Waals surface area contributed by atoms with E-state index in [1.807, 2.05) is 0 Å². The largest absolute Gasteiger partial charge is 0.743 e. The van der Waals surface area contributed by atoms with Crippen molar-refractivity contribution in [3.63, 3.8) is 0 Å². The highest BCUT2D eigenvalue weighted by atomic mass is 32.2. The SMILES string of the molecule is O=C(OCCC(F)C(F)(F)S(=O)(=O)[O-])C12CC3CC(C1)CC(C1(O)CCCC1)(C3)C2. The first-order valence-electron chi connectivity index (χ1n) is 10.7. The first-order valence-corrected chi connectivity index (χ1v) is 12.1. The Bertz CT molecular complexity index is 793. The Morgan fingerprint density at radius 1 is 1.17 bits per heavy atom. The van der Waals surface area contributed by atoms with E-state index in [-0.39, 0.29) is 5.41 Å². The molecule has 0 radical (unpaired) electrons. The summed E-state index contributed by atoms with van der Waals surface area (Å²) >= 11 is 0. The molecule has 5 saturated carbocycles. The minimum Gasteiger partial charge on any atom is -0.743 e. The molecule has 0 amide bonds. The van der Waals surface area contributed by atoms with Gasteiger partial charge in [-0.2, -0.15) is 8.78 Å². The molecule has 5 aliphatic carbocycles. The van der Waals surface area contributed by atoms with Gasteiger partial charge in [0, 0.05) is 11.8 Å². The van der Waals surface area contributed by atoms with E-state index >= 15 is 0 Å². The van der Waals surface area contributed by atoms with Gasteiger partial charge in [0.05, 0.1) is 17.6 Å². The number of carbonyl (C=O) groups excluding carboxylic acids is 1. The summed E-state index contributed by atoms with van der Waals surface area (Å²) in [6.07, 6.45) is 3.55. The number of esters is 1. The van der Waals surface area contributed by atoms with Crippen LogP contribution in [0.3, 0.4) is 0 Å². The lowest BCUT2D eigenvalue weighted by atomic mass is 9.40. The van der Waals surface area contributed by atoms with Crippen LogP contribution in [0.2, 0.25) is 0 Å². The molecule has 0 aromatic carbocycles. The van der Waals surface area contributed by atoms with Gasteiger partial charge in [-0.05, 0) is 63.2 Å². The fourth-order valence-electron chi connectivity index (χ4n) is 7.27. The van der Waals surface area contributed by atoms with E-state index in [1.165, 1.54) is 0 Å². The minimum atomic E-state index is -6.14. The Balaban J connectivity index is 1.44. The van der Waals surface area contributed by atoms with Crippen molar-refractivity contribution in [3.05, 3.63) is 0 Å².